The van der Waals surface area contributed by atoms with Crippen molar-refractivity contribution >= 4 is 45.5 Å². The van der Waals surface area contributed by atoms with Gasteiger partial charge in [-0.05, 0) is 55.3 Å². The van der Waals surface area contributed by atoms with Crippen LogP contribution in [0.1, 0.15) is 48.7 Å². The average Bonchev–Trinajstić information content (AvgIpc) is 3.60. The number of anilines is 1. The summed E-state index contributed by atoms with van der Waals surface area (Å²) in [5.74, 6) is -0.836. The molecule has 0 fully saturated rings. The number of carbonyl (C=O) groups is 3. The Balaban J connectivity index is 1.78. The second-order valence-electron chi connectivity index (χ2n) is 9.07. The van der Waals surface area contributed by atoms with Gasteiger partial charge in [0.15, 0.2) is 6.04 Å². The summed E-state index contributed by atoms with van der Waals surface area (Å²) in [4.78, 5) is 42.1. The molecule has 7 nitrogen and oxygen atoms in total. The molecule has 0 aliphatic heterocycles. The van der Waals surface area contributed by atoms with E-state index in [4.69, 9.17) is 4.42 Å². The molecule has 36 heavy (non-hydrogen) atoms. The number of carbonyl (C=O) groups excluding carboxylic acids is 3. The van der Waals surface area contributed by atoms with E-state index in [1.807, 2.05) is 57.2 Å². The van der Waals surface area contributed by atoms with Crippen molar-refractivity contribution in [3.63, 3.8) is 0 Å². The van der Waals surface area contributed by atoms with Crippen LogP contribution < -0.4 is 15.5 Å². The van der Waals surface area contributed by atoms with Gasteiger partial charge in [-0.2, -0.15) is 0 Å². The Bertz CT molecular complexity index is 1340. The fourth-order valence-corrected chi connectivity index (χ4v) is 4.52. The number of hydrogen-bond donors (Lipinski definition) is 2. The van der Waals surface area contributed by atoms with Gasteiger partial charge in [0.05, 0.1) is 23.4 Å². The predicted molar refractivity (Wildman–Crippen MR) is 142 cm³/mol. The first kappa shape index (κ1) is 25.2. The summed E-state index contributed by atoms with van der Waals surface area (Å²) in [5.41, 5.74) is 0.0531. The zero-order chi connectivity index (χ0) is 25.7. The third kappa shape index (κ3) is 5.49. The molecular weight excluding hydrogens is 474 g/mol. The van der Waals surface area contributed by atoms with Crippen LogP contribution in [0, 0.1) is 0 Å². The van der Waals surface area contributed by atoms with E-state index in [2.05, 4.69) is 10.6 Å². The number of thiophene rings is 1. The summed E-state index contributed by atoms with van der Waals surface area (Å²) in [6.07, 6.45) is 2.17. The van der Waals surface area contributed by atoms with Gasteiger partial charge in [0.2, 0.25) is 5.91 Å². The lowest BCUT2D eigenvalue weighted by atomic mass is 10.00. The number of furan rings is 1. The number of benzene rings is 2. The molecule has 2 N–H and O–H groups in total. The molecule has 3 amide bonds. The molecular formula is C28H29N3O4S. The summed E-state index contributed by atoms with van der Waals surface area (Å²) in [7, 11) is 0. The summed E-state index contributed by atoms with van der Waals surface area (Å²) in [5, 5.41) is 9.28. The van der Waals surface area contributed by atoms with E-state index >= 15 is 0 Å². The van der Waals surface area contributed by atoms with Crippen molar-refractivity contribution in [2.75, 3.05) is 11.4 Å². The zero-order valence-electron chi connectivity index (χ0n) is 20.5. The monoisotopic (exact) mass is 503 g/mol. The van der Waals surface area contributed by atoms with Crippen molar-refractivity contribution in [2.24, 2.45) is 0 Å². The van der Waals surface area contributed by atoms with Crippen LogP contribution in [0.3, 0.4) is 0 Å². The number of amides is 3. The molecule has 2 aromatic carbocycles. The maximum Gasteiger partial charge on any atom is 0.261 e. The lowest BCUT2D eigenvalue weighted by molar-refractivity contribution is -0.127. The average molecular weight is 504 g/mol. The van der Waals surface area contributed by atoms with Gasteiger partial charge in [-0.25, -0.2) is 0 Å². The van der Waals surface area contributed by atoms with Crippen molar-refractivity contribution < 1.29 is 18.8 Å². The van der Waals surface area contributed by atoms with Crippen LogP contribution in [0.15, 0.2) is 82.8 Å². The molecule has 0 radical (unpaired) electrons. The Morgan fingerprint density at radius 2 is 1.78 bits per heavy atom. The second kappa shape index (κ2) is 10.8. The molecule has 186 valence electrons. The first-order valence-corrected chi connectivity index (χ1v) is 12.7. The van der Waals surface area contributed by atoms with Crippen LogP contribution in [-0.4, -0.2) is 29.8 Å². The minimum atomic E-state index is -1.08. The fourth-order valence-electron chi connectivity index (χ4n) is 3.88. The van der Waals surface area contributed by atoms with Gasteiger partial charge in [0, 0.05) is 10.9 Å². The Hall–Kier alpha value is -3.91. The Labute approximate surface area is 214 Å². The van der Waals surface area contributed by atoms with E-state index in [1.54, 1.807) is 35.7 Å². The molecule has 0 aliphatic rings. The molecule has 2 aromatic heterocycles. The SMILES string of the molecule is CCC(C)(C)NC(=O)[C@@H](c1ccco1)N(C(=O)CNC(=O)c1cccs1)c1cccc2ccccc12. The smallest absolute Gasteiger partial charge is 0.261 e. The van der Waals surface area contributed by atoms with E-state index in [-0.39, 0.29) is 18.4 Å². The lowest BCUT2D eigenvalue weighted by Crippen LogP contribution is -2.52. The summed E-state index contributed by atoms with van der Waals surface area (Å²) in [6.45, 7) is 5.54. The van der Waals surface area contributed by atoms with Crippen LogP contribution in [-0.2, 0) is 9.59 Å². The summed E-state index contributed by atoms with van der Waals surface area (Å²) < 4.78 is 5.67. The van der Waals surface area contributed by atoms with Crippen molar-refractivity contribution in [1.82, 2.24) is 10.6 Å². The standard InChI is InChI=1S/C28H29N3O4S/c1-4-28(2,3)30-27(34)25(22-14-8-16-35-22)31(21-13-7-11-19-10-5-6-12-20(19)21)24(32)18-29-26(33)23-15-9-17-36-23/h5-17,25H,4,18H2,1-3H3,(H,29,33)(H,30,34)/t25-/m1/s1. The zero-order valence-corrected chi connectivity index (χ0v) is 21.3. The molecule has 0 saturated heterocycles. The highest BCUT2D eigenvalue weighted by Gasteiger charge is 2.37. The first-order chi connectivity index (χ1) is 17.3. The third-order valence-corrected chi connectivity index (χ3v) is 6.97. The highest BCUT2D eigenvalue weighted by Crippen LogP contribution is 2.34. The highest BCUT2D eigenvalue weighted by atomic mass is 32.1. The normalized spacial score (nSPS) is 12.2. The molecule has 8 heteroatoms. The van der Waals surface area contributed by atoms with Crippen molar-refractivity contribution in [2.45, 2.75) is 38.8 Å². The number of nitrogens with one attached hydrogen (secondary N) is 2. The van der Waals surface area contributed by atoms with Gasteiger partial charge in [0.25, 0.3) is 11.8 Å². The number of rotatable bonds is 9. The van der Waals surface area contributed by atoms with Crippen LogP contribution >= 0.6 is 11.3 Å². The van der Waals surface area contributed by atoms with Crippen LogP contribution in [0.25, 0.3) is 10.8 Å². The largest absolute Gasteiger partial charge is 0.467 e. The Morgan fingerprint density at radius 1 is 1.00 bits per heavy atom. The molecule has 0 unspecified atom stereocenters. The molecule has 0 aliphatic carbocycles. The minimum absolute atomic E-state index is 0.290. The van der Waals surface area contributed by atoms with E-state index in [0.717, 1.165) is 10.8 Å². The lowest BCUT2D eigenvalue weighted by Gasteiger charge is -2.34. The molecule has 0 bridgehead atoms. The van der Waals surface area contributed by atoms with Crippen molar-refractivity contribution in [1.29, 1.82) is 0 Å². The molecule has 4 aromatic rings. The van der Waals surface area contributed by atoms with E-state index in [9.17, 15) is 14.4 Å². The maximum atomic E-state index is 13.8. The molecule has 0 spiro atoms. The number of hydrogen-bond acceptors (Lipinski definition) is 5. The maximum absolute atomic E-state index is 13.8. The van der Waals surface area contributed by atoms with Gasteiger partial charge >= 0.3 is 0 Å². The van der Waals surface area contributed by atoms with Gasteiger partial charge in [0.1, 0.15) is 5.76 Å². The van der Waals surface area contributed by atoms with Crippen molar-refractivity contribution in [3.05, 3.63) is 89.0 Å². The Kier molecular flexibility index (Phi) is 7.55. The molecule has 4 rings (SSSR count). The number of fused-ring (bicyclic) bond motifs is 1. The fraction of sp³-hybridized carbons (Fsp3) is 0.250. The first-order valence-electron chi connectivity index (χ1n) is 11.8. The van der Waals surface area contributed by atoms with E-state index in [0.29, 0.717) is 22.7 Å². The molecule has 2 heterocycles. The topological polar surface area (TPSA) is 91.7 Å². The highest BCUT2D eigenvalue weighted by molar-refractivity contribution is 7.12. The van der Waals surface area contributed by atoms with E-state index < -0.39 is 17.5 Å². The Morgan fingerprint density at radius 3 is 2.47 bits per heavy atom. The third-order valence-electron chi connectivity index (χ3n) is 6.10. The second-order valence-corrected chi connectivity index (χ2v) is 10.0. The van der Waals surface area contributed by atoms with Gasteiger partial charge in [-0.1, -0.05) is 49.4 Å². The minimum Gasteiger partial charge on any atom is -0.467 e. The van der Waals surface area contributed by atoms with Gasteiger partial charge < -0.3 is 15.1 Å². The molecule has 0 saturated carbocycles. The number of nitrogens with zero attached hydrogens (tertiary/aromatic N) is 1. The van der Waals surface area contributed by atoms with Crippen LogP contribution in [0.5, 0.6) is 0 Å². The van der Waals surface area contributed by atoms with E-state index in [1.165, 1.54) is 22.5 Å². The predicted octanol–water partition coefficient (Wildman–Crippen LogP) is 5.30. The molecule has 1 atom stereocenters. The summed E-state index contributed by atoms with van der Waals surface area (Å²) >= 11 is 1.29. The van der Waals surface area contributed by atoms with Crippen LogP contribution in [0.4, 0.5) is 5.69 Å². The van der Waals surface area contributed by atoms with Gasteiger partial charge in [-0.15, -0.1) is 11.3 Å². The van der Waals surface area contributed by atoms with Gasteiger partial charge in [-0.3, -0.25) is 19.3 Å². The van der Waals surface area contributed by atoms with Crippen molar-refractivity contribution in [3.8, 4) is 0 Å². The van der Waals surface area contributed by atoms with Crippen LogP contribution in [0.2, 0.25) is 0 Å². The quantitative estimate of drug-likeness (QED) is 0.324. The summed E-state index contributed by atoms with van der Waals surface area (Å²) in [6, 6.07) is 19.0.